The summed E-state index contributed by atoms with van der Waals surface area (Å²) in [5.74, 6) is 0. The Labute approximate surface area is 161 Å². The number of rotatable bonds is 3. The van der Waals surface area contributed by atoms with Gasteiger partial charge in [-0.2, -0.15) is 1.33 Å². The molecule has 6 heteroatoms. The zero-order valence-corrected chi connectivity index (χ0v) is 18.5. The Morgan fingerprint density at radius 3 is 2.30 bits per heavy atom. The van der Waals surface area contributed by atoms with Crippen LogP contribution in [0.4, 0.5) is 0 Å². The minimum Gasteiger partial charge on any atom is -0.185 e. The summed E-state index contributed by atoms with van der Waals surface area (Å²) >= 11 is 7.08. The molecule has 0 aliphatic heterocycles. The first-order valence-electron chi connectivity index (χ1n) is 6.95. The molecule has 118 valence electrons. The average molecular weight is 682 g/mol. The van der Waals surface area contributed by atoms with Crippen LogP contribution in [0.3, 0.4) is 0 Å². The van der Waals surface area contributed by atoms with Crippen molar-refractivity contribution >= 4 is 45.7 Å². The largest absolute Gasteiger partial charge is 0.185 e. The van der Waals surface area contributed by atoms with E-state index in [1.165, 1.54) is 42.3 Å². The molecule has 3 nitrogen and oxygen atoms in total. The Morgan fingerprint density at radius 1 is 1.30 bits per heavy atom. The van der Waals surface area contributed by atoms with Crippen molar-refractivity contribution in [1.82, 2.24) is 10.5 Å². The second-order valence-electron chi connectivity index (χ2n) is 5.00. The summed E-state index contributed by atoms with van der Waals surface area (Å²) in [6, 6.07) is 0.851. The molecule has 1 aromatic rings. The zero-order chi connectivity index (χ0) is 15.0. The molecule has 0 N–H and O–H groups in total. The Kier molecular flexibility index (Phi) is 10.2. The van der Waals surface area contributed by atoms with Gasteiger partial charge in [0.05, 0.1) is 0 Å². The topological polar surface area (TPSA) is 13.1 Å². The summed E-state index contributed by atoms with van der Waals surface area (Å²) in [6.45, 7) is 4.56. The van der Waals surface area contributed by atoms with Gasteiger partial charge in [-0.05, 0) is 12.8 Å². The van der Waals surface area contributed by atoms with Crippen molar-refractivity contribution in [2.24, 2.45) is 7.05 Å². The second kappa shape index (κ2) is 10.7. The van der Waals surface area contributed by atoms with Gasteiger partial charge >= 0.3 is 70.9 Å². The zero-order valence-electron chi connectivity index (χ0n) is 11.9. The van der Waals surface area contributed by atoms with Crippen LogP contribution in [0.5, 0.6) is 0 Å². The summed E-state index contributed by atoms with van der Waals surface area (Å²) in [4.78, 5) is 0. The SMILES string of the molecule is C=CCn1ccn(C)[c]1=[Pt].IN(I)C1CCCCCC1. The average Bonchev–Trinajstić information content (AvgIpc) is 2.66. The van der Waals surface area contributed by atoms with Crippen molar-refractivity contribution in [3.8, 4) is 0 Å². The first kappa shape index (κ1) is 19.1. The molecule has 1 aromatic heterocycles. The minimum atomic E-state index is 0.851. The molecule has 0 bridgehead atoms. The molecule has 0 unspecified atom stereocenters. The molecule has 20 heavy (non-hydrogen) atoms. The van der Waals surface area contributed by atoms with E-state index in [-0.39, 0.29) is 0 Å². The number of hydrogen-bond acceptors (Lipinski definition) is 1. The predicted molar refractivity (Wildman–Crippen MR) is 98.2 cm³/mol. The van der Waals surface area contributed by atoms with E-state index in [0.29, 0.717) is 0 Å². The van der Waals surface area contributed by atoms with Crippen molar-refractivity contribution in [3.05, 3.63) is 28.9 Å². The summed E-state index contributed by atoms with van der Waals surface area (Å²) in [6.07, 6.45) is 14.6. The van der Waals surface area contributed by atoms with Crippen LogP contribution in [0.2, 0.25) is 0 Å². The van der Waals surface area contributed by atoms with E-state index in [9.17, 15) is 0 Å². The first-order chi connectivity index (χ1) is 9.56. The molecule has 0 aromatic carbocycles. The maximum atomic E-state index is 3.67. The van der Waals surface area contributed by atoms with Crippen LogP contribution in [0, 0.1) is 3.80 Å². The third-order valence-electron chi connectivity index (χ3n) is 3.39. The van der Waals surface area contributed by atoms with Crippen LogP contribution in [-0.2, 0) is 32.9 Å². The molecule has 0 spiro atoms. The van der Waals surface area contributed by atoms with Crippen LogP contribution in [-0.4, -0.2) is 16.5 Å². The van der Waals surface area contributed by atoms with Crippen LogP contribution >= 0.6 is 45.7 Å². The number of imidazole rings is 1. The van der Waals surface area contributed by atoms with Gasteiger partial charge in [0.2, 0.25) is 0 Å². The van der Waals surface area contributed by atoms with Crippen LogP contribution in [0.25, 0.3) is 0 Å². The number of aryl methyl sites for hydroxylation is 1. The number of hydrogen-bond donors (Lipinski definition) is 0. The number of aromatic nitrogens is 2. The predicted octanol–water partition coefficient (Wildman–Crippen LogP) is 4.80. The van der Waals surface area contributed by atoms with Crippen molar-refractivity contribution in [2.45, 2.75) is 51.1 Å². The molecule has 1 heterocycles. The standard InChI is InChI=1S/C7H13I2N.C7H10N2.Pt/c8-10(9)7-5-3-1-2-4-6-7;1-3-4-9-6-5-8(2)7-9;/h7H,1-6H2;3,5-6H,1,4H2,2H3;. The van der Waals surface area contributed by atoms with Crippen LogP contribution in [0.15, 0.2) is 25.0 Å². The van der Waals surface area contributed by atoms with E-state index in [1.807, 2.05) is 25.5 Å². The summed E-state index contributed by atoms with van der Waals surface area (Å²) in [5, 5.41) is 0. The van der Waals surface area contributed by atoms with Gasteiger partial charge in [0.25, 0.3) is 0 Å². The molecular weight excluding hydrogens is 659 g/mol. The van der Waals surface area contributed by atoms with E-state index < -0.39 is 0 Å². The normalized spacial score (nSPS) is 16.5. The van der Waals surface area contributed by atoms with E-state index in [1.54, 1.807) is 0 Å². The number of halogens is 2. The Hall–Kier alpha value is 1.06. The summed E-state index contributed by atoms with van der Waals surface area (Å²) in [5.41, 5.74) is 0. The third-order valence-corrected chi connectivity index (χ3v) is 6.41. The van der Waals surface area contributed by atoms with Gasteiger partial charge in [-0.15, -0.1) is 0 Å². The first-order valence-corrected chi connectivity index (χ1v) is 10.0. The minimum absolute atomic E-state index is 0.851. The van der Waals surface area contributed by atoms with Gasteiger partial charge in [0.15, 0.2) is 0 Å². The monoisotopic (exact) mass is 682 g/mol. The van der Waals surface area contributed by atoms with Gasteiger partial charge in [-0.1, -0.05) is 25.7 Å². The van der Waals surface area contributed by atoms with Crippen LogP contribution < -0.4 is 0 Å². The van der Waals surface area contributed by atoms with Crippen molar-refractivity contribution < 1.29 is 19.4 Å². The third kappa shape index (κ3) is 6.88. The molecular formula is C14H23I2N3Pt. The second-order valence-corrected chi connectivity index (χ2v) is 9.94. The van der Waals surface area contributed by atoms with Crippen molar-refractivity contribution in [3.63, 3.8) is 0 Å². The summed E-state index contributed by atoms with van der Waals surface area (Å²) < 4.78 is 7.75. The van der Waals surface area contributed by atoms with Crippen molar-refractivity contribution in [1.29, 1.82) is 0 Å². The number of allylic oxidation sites excluding steroid dienone is 1. The quantitative estimate of drug-likeness (QED) is 0.194. The smallest absolute Gasteiger partial charge is 0.0311 e. The molecule has 0 saturated heterocycles. The molecule has 1 aliphatic rings. The van der Waals surface area contributed by atoms with Gasteiger partial charge in [-0.25, -0.2) is 0 Å². The van der Waals surface area contributed by atoms with Gasteiger partial charge < -0.3 is 0 Å². The van der Waals surface area contributed by atoms with E-state index in [0.717, 1.165) is 12.6 Å². The fourth-order valence-corrected chi connectivity index (χ4v) is 3.88. The Balaban J connectivity index is 0.000000200. The Morgan fingerprint density at radius 2 is 1.90 bits per heavy atom. The Bertz CT molecular complexity index is 446. The van der Waals surface area contributed by atoms with Gasteiger partial charge in [0, 0.05) is 51.8 Å². The van der Waals surface area contributed by atoms with E-state index in [4.69, 9.17) is 0 Å². The van der Waals surface area contributed by atoms with E-state index >= 15 is 0 Å². The molecule has 0 atom stereocenters. The molecule has 1 saturated carbocycles. The fourth-order valence-electron chi connectivity index (χ4n) is 2.22. The molecule has 0 radical (unpaired) electrons. The van der Waals surface area contributed by atoms with Crippen molar-refractivity contribution in [2.75, 3.05) is 0 Å². The summed E-state index contributed by atoms with van der Waals surface area (Å²) in [7, 11) is 2.03. The van der Waals surface area contributed by atoms with Gasteiger partial charge in [-0.3, -0.25) is 0 Å². The molecule has 2 rings (SSSR count). The maximum absolute atomic E-state index is 3.67. The maximum Gasteiger partial charge on any atom is 0.0311 e. The molecule has 0 amide bonds. The van der Waals surface area contributed by atoms with Gasteiger partial charge in [0.1, 0.15) is 0 Å². The van der Waals surface area contributed by atoms with E-state index in [2.05, 4.69) is 82.1 Å². The fraction of sp³-hybridized carbons (Fsp3) is 0.643. The van der Waals surface area contributed by atoms with Crippen LogP contribution in [0.1, 0.15) is 38.5 Å². The number of nitrogens with zero attached hydrogens (tertiary/aromatic N) is 3. The molecule has 1 aliphatic carbocycles. The molecule has 1 fully saturated rings.